The van der Waals surface area contributed by atoms with Crippen molar-refractivity contribution in [2.75, 3.05) is 12.0 Å². The van der Waals surface area contributed by atoms with E-state index in [4.69, 9.17) is 4.74 Å². The molecule has 0 saturated carbocycles. The standard InChI is InChI=1S/C25H19NO6/c1-32-14-10-8-13(9-11-14)26-20(29)12-17(25(26)31)21-15-4-2-6-18(27)22(15)24(30)23-16(21)5-3-7-19(23)28/h2-11,17,21,27-28H,12H2,1H3/t17-/m0/s1. The summed E-state index contributed by atoms with van der Waals surface area (Å²) in [5.74, 6) is -2.58. The maximum atomic E-state index is 13.5. The van der Waals surface area contributed by atoms with Crippen molar-refractivity contribution in [1.82, 2.24) is 0 Å². The number of hydrogen-bond acceptors (Lipinski definition) is 6. The highest BCUT2D eigenvalue weighted by Crippen LogP contribution is 2.49. The zero-order valence-corrected chi connectivity index (χ0v) is 17.1. The maximum absolute atomic E-state index is 13.5. The van der Waals surface area contributed by atoms with Gasteiger partial charge in [-0.15, -0.1) is 0 Å². The van der Waals surface area contributed by atoms with E-state index in [1.54, 1.807) is 48.5 Å². The molecule has 0 spiro atoms. The van der Waals surface area contributed by atoms with Gasteiger partial charge in [0.1, 0.15) is 17.2 Å². The molecule has 0 radical (unpaired) electrons. The van der Waals surface area contributed by atoms with Gasteiger partial charge in [-0.25, -0.2) is 0 Å². The number of ketones is 1. The summed E-state index contributed by atoms with van der Waals surface area (Å²) in [6.07, 6.45) is -0.0616. The summed E-state index contributed by atoms with van der Waals surface area (Å²) < 4.78 is 5.14. The molecule has 0 unspecified atom stereocenters. The SMILES string of the molecule is COc1ccc(N2C(=O)C[C@@H](C3c4cccc(O)c4C(=O)c4c(O)cccc43)C2=O)cc1. The second-order valence-corrected chi connectivity index (χ2v) is 7.87. The monoisotopic (exact) mass is 429 g/mol. The normalized spacial score (nSPS) is 18.0. The first-order chi connectivity index (χ1) is 15.4. The topological polar surface area (TPSA) is 104 Å². The number of nitrogens with zero attached hydrogens (tertiary/aromatic N) is 1. The van der Waals surface area contributed by atoms with Gasteiger partial charge in [0.25, 0.3) is 0 Å². The van der Waals surface area contributed by atoms with Crippen LogP contribution in [0.1, 0.15) is 39.4 Å². The molecular formula is C25H19NO6. The van der Waals surface area contributed by atoms with Crippen LogP contribution in [0.4, 0.5) is 5.69 Å². The zero-order valence-electron chi connectivity index (χ0n) is 17.1. The molecule has 2 amide bonds. The fraction of sp³-hybridized carbons (Fsp3) is 0.160. The predicted molar refractivity (Wildman–Crippen MR) is 115 cm³/mol. The molecule has 1 atom stereocenters. The molecule has 3 aromatic carbocycles. The third-order valence-corrected chi connectivity index (χ3v) is 6.19. The largest absolute Gasteiger partial charge is 0.507 e. The number of carbonyl (C=O) groups is 3. The van der Waals surface area contributed by atoms with Gasteiger partial charge in [-0.3, -0.25) is 19.3 Å². The summed E-state index contributed by atoms with van der Waals surface area (Å²) in [7, 11) is 1.53. The number of benzene rings is 3. The number of imide groups is 1. The lowest BCUT2D eigenvalue weighted by atomic mass is 9.70. The van der Waals surface area contributed by atoms with Crippen LogP contribution in [0.15, 0.2) is 60.7 Å². The first-order valence-corrected chi connectivity index (χ1v) is 10.1. The summed E-state index contributed by atoms with van der Waals surface area (Å²) in [6, 6.07) is 16.0. The van der Waals surface area contributed by atoms with Crippen molar-refractivity contribution in [3.05, 3.63) is 82.9 Å². The lowest BCUT2D eigenvalue weighted by molar-refractivity contribution is -0.122. The van der Waals surface area contributed by atoms with Crippen LogP contribution < -0.4 is 9.64 Å². The highest BCUT2D eigenvalue weighted by Gasteiger charge is 2.48. The molecule has 1 aliphatic carbocycles. The van der Waals surface area contributed by atoms with Gasteiger partial charge >= 0.3 is 0 Å². The molecule has 3 aromatic rings. The molecule has 0 bridgehead atoms. The molecule has 5 rings (SSSR count). The fourth-order valence-electron chi connectivity index (χ4n) is 4.77. The summed E-state index contributed by atoms with van der Waals surface area (Å²) in [5.41, 5.74) is 1.47. The van der Waals surface area contributed by atoms with Crippen molar-refractivity contribution < 1.29 is 29.3 Å². The van der Waals surface area contributed by atoms with Gasteiger partial charge in [0.05, 0.1) is 29.8 Å². The number of ether oxygens (including phenoxy) is 1. The van der Waals surface area contributed by atoms with E-state index < -0.39 is 23.5 Å². The molecule has 0 aromatic heterocycles. The Balaban J connectivity index is 1.64. The first kappa shape index (κ1) is 19.8. The maximum Gasteiger partial charge on any atom is 0.238 e. The quantitative estimate of drug-likeness (QED) is 0.619. The van der Waals surface area contributed by atoms with Crippen LogP contribution in [-0.4, -0.2) is 34.9 Å². The van der Waals surface area contributed by atoms with Crippen molar-refractivity contribution in [3.63, 3.8) is 0 Å². The van der Waals surface area contributed by atoms with E-state index in [1.165, 1.54) is 19.2 Å². The summed E-state index contributed by atoms with van der Waals surface area (Å²) in [4.78, 5) is 40.7. The molecule has 2 aliphatic rings. The Morgan fingerprint density at radius 3 is 1.94 bits per heavy atom. The van der Waals surface area contributed by atoms with E-state index >= 15 is 0 Å². The molecule has 160 valence electrons. The third kappa shape index (κ3) is 2.78. The molecule has 7 heteroatoms. The van der Waals surface area contributed by atoms with Crippen LogP contribution in [-0.2, 0) is 9.59 Å². The molecule has 1 saturated heterocycles. The number of carbonyl (C=O) groups excluding carboxylic acids is 3. The van der Waals surface area contributed by atoms with Gasteiger partial charge < -0.3 is 14.9 Å². The zero-order chi connectivity index (χ0) is 22.6. The number of fused-ring (bicyclic) bond motifs is 2. The summed E-state index contributed by atoms with van der Waals surface area (Å²) >= 11 is 0. The number of aromatic hydroxyl groups is 2. The van der Waals surface area contributed by atoms with Gasteiger partial charge in [0.15, 0.2) is 0 Å². The van der Waals surface area contributed by atoms with Crippen molar-refractivity contribution in [1.29, 1.82) is 0 Å². The van der Waals surface area contributed by atoms with E-state index in [0.717, 1.165) is 4.90 Å². The second kappa shape index (κ2) is 7.23. The van der Waals surface area contributed by atoms with Crippen LogP contribution >= 0.6 is 0 Å². The van der Waals surface area contributed by atoms with E-state index in [0.29, 0.717) is 22.6 Å². The molecular weight excluding hydrogens is 410 g/mol. The Hall–Kier alpha value is -4.13. The van der Waals surface area contributed by atoms with Crippen molar-refractivity contribution >= 4 is 23.3 Å². The number of phenols is 2. The van der Waals surface area contributed by atoms with E-state index in [1.807, 2.05) is 0 Å². The van der Waals surface area contributed by atoms with Gasteiger partial charge in [0, 0.05) is 12.3 Å². The van der Waals surface area contributed by atoms with Crippen molar-refractivity contribution in [2.24, 2.45) is 5.92 Å². The summed E-state index contributed by atoms with van der Waals surface area (Å²) in [6.45, 7) is 0. The van der Waals surface area contributed by atoms with Crippen molar-refractivity contribution in [2.45, 2.75) is 12.3 Å². The van der Waals surface area contributed by atoms with Gasteiger partial charge in [-0.05, 0) is 47.5 Å². The third-order valence-electron chi connectivity index (χ3n) is 6.19. The Labute approximate surface area is 183 Å². The molecule has 1 heterocycles. The van der Waals surface area contributed by atoms with Crippen LogP contribution in [0.2, 0.25) is 0 Å². The Morgan fingerprint density at radius 1 is 0.844 bits per heavy atom. The molecule has 7 nitrogen and oxygen atoms in total. The number of amides is 2. The van der Waals surface area contributed by atoms with E-state index in [-0.39, 0.29) is 35.0 Å². The number of rotatable bonds is 3. The Morgan fingerprint density at radius 2 is 1.41 bits per heavy atom. The van der Waals surface area contributed by atoms with Crippen LogP contribution in [0.5, 0.6) is 17.2 Å². The van der Waals surface area contributed by atoms with Crippen LogP contribution in [0.3, 0.4) is 0 Å². The minimum absolute atomic E-state index is 0.0506. The minimum atomic E-state index is -0.793. The van der Waals surface area contributed by atoms with Crippen LogP contribution in [0.25, 0.3) is 0 Å². The Bertz CT molecular complexity index is 1220. The fourth-order valence-corrected chi connectivity index (χ4v) is 4.77. The highest BCUT2D eigenvalue weighted by molar-refractivity contribution is 6.22. The van der Waals surface area contributed by atoms with Crippen molar-refractivity contribution in [3.8, 4) is 17.2 Å². The number of hydrogen-bond donors (Lipinski definition) is 2. The smallest absolute Gasteiger partial charge is 0.238 e. The molecule has 32 heavy (non-hydrogen) atoms. The van der Waals surface area contributed by atoms with Gasteiger partial charge in [-0.2, -0.15) is 0 Å². The number of methoxy groups -OCH3 is 1. The van der Waals surface area contributed by atoms with E-state index in [9.17, 15) is 24.6 Å². The molecule has 2 N–H and O–H groups in total. The average molecular weight is 429 g/mol. The summed E-state index contributed by atoms with van der Waals surface area (Å²) in [5, 5.41) is 20.8. The molecule has 1 fully saturated rings. The van der Waals surface area contributed by atoms with Gasteiger partial charge in [0.2, 0.25) is 17.6 Å². The predicted octanol–water partition coefficient (Wildman–Crippen LogP) is 3.36. The number of anilines is 1. The minimum Gasteiger partial charge on any atom is -0.507 e. The first-order valence-electron chi connectivity index (χ1n) is 10.1. The number of phenolic OH excluding ortho intramolecular Hbond substituents is 2. The average Bonchev–Trinajstić information content (AvgIpc) is 3.07. The second-order valence-electron chi connectivity index (χ2n) is 7.87. The lowest BCUT2D eigenvalue weighted by Gasteiger charge is -2.31. The Kier molecular flexibility index (Phi) is 4.48. The molecule has 1 aliphatic heterocycles. The van der Waals surface area contributed by atoms with E-state index in [2.05, 4.69) is 0 Å². The lowest BCUT2D eigenvalue weighted by Crippen LogP contribution is -2.33. The van der Waals surface area contributed by atoms with Crippen LogP contribution in [0, 0.1) is 5.92 Å². The highest BCUT2D eigenvalue weighted by atomic mass is 16.5. The van der Waals surface area contributed by atoms with Gasteiger partial charge in [-0.1, -0.05) is 24.3 Å².